The fourth-order valence-electron chi connectivity index (χ4n) is 2.04. The Morgan fingerprint density at radius 2 is 1.95 bits per heavy atom. The first kappa shape index (κ1) is 14.0. The molecule has 0 atom stereocenters. The first-order valence-electron chi connectivity index (χ1n) is 7.02. The van der Waals surface area contributed by atoms with Crippen LogP contribution in [0.25, 0.3) is 11.0 Å². The van der Waals surface area contributed by atoms with Gasteiger partial charge in [-0.3, -0.25) is 4.79 Å². The molecule has 0 radical (unpaired) electrons. The van der Waals surface area contributed by atoms with Gasteiger partial charge in [-0.05, 0) is 18.2 Å². The Hall–Kier alpha value is -2.96. The monoisotopic (exact) mass is 296 g/mol. The van der Waals surface area contributed by atoms with E-state index in [1.165, 1.54) is 0 Å². The van der Waals surface area contributed by atoms with Crippen LogP contribution in [0, 0.1) is 0 Å². The molecule has 0 aliphatic rings. The summed E-state index contributed by atoms with van der Waals surface area (Å²) < 4.78 is 0. The van der Waals surface area contributed by atoms with Crippen molar-refractivity contribution in [1.82, 2.24) is 25.3 Å². The fraction of sp³-hybridized carbons (Fsp3) is 0.200. The van der Waals surface area contributed by atoms with Crippen LogP contribution in [0.1, 0.15) is 12.2 Å². The van der Waals surface area contributed by atoms with Crippen LogP contribution in [0.3, 0.4) is 0 Å². The molecule has 3 aromatic rings. The van der Waals surface area contributed by atoms with Crippen LogP contribution in [-0.4, -0.2) is 32.4 Å². The Bertz CT molecular complexity index is 722. The Morgan fingerprint density at radius 1 is 1.14 bits per heavy atom. The summed E-state index contributed by atoms with van der Waals surface area (Å²) in [4.78, 5) is 27.4. The zero-order valence-electron chi connectivity index (χ0n) is 11.9. The minimum atomic E-state index is -0.0520. The zero-order chi connectivity index (χ0) is 15.2. The van der Waals surface area contributed by atoms with Crippen molar-refractivity contribution in [2.45, 2.75) is 13.0 Å². The van der Waals surface area contributed by atoms with E-state index in [0.29, 0.717) is 25.5 Å². The highest BCUT2D eigenvalue weighted by molar-refractivity contribution is 5.77. The van der Waals surface area contributed by atoms with E-state index in [9.17, 15) is 4.79 Å². The molecule has 112 valence electrons. The molecule has 0 aliphatic carbocycles. The number of imidazole rings is 1. The molecule has 0 unspecified atom stereocenters. The third kappa shape index (κ3) is 3.57. The summed E-state index contributed by atoms with van der Waals surface area (Å²) >= 11 is 0. The summed E-state index contributed by atoms with van der Waals surface area (Å²) in [5, 5.41) is 5.82. The zero-order valence-corrected chi connectivity index (χ0v) is 11.9. The highest BCUT2D eigenvalue weighted by atomic mass is 16.1. The minimum absolute atomic E-state index is 0.0520. The first-order valence-corrected chi connectivity index (χ1v) is 7.02. The normalized spacial score (nSPS) is 10.5. The molecule has 0 saturated heterocycles. The number of amides is 1. The van der Waals surface area contributed by atoms with Gasteiger partial charge in [0.25, 0.3) is 0 Å². The maximum absolute atomic E-state index is 11.8. The summed E-state index contributed by atoms with van der Waals surface area (Å²) in [6.45, 7) is 0.866. The maximum Gasteiger partial charge on any atom is 0.222 e. The standard InChI is InChI=1S/C15H16N6O/c22-14(6-9-18-15-16-7-3-8-17-15)19-10-13-20-11-4-1-2-5-12(11)21-13/h1-5,7-8H,6,9-10H2,(H,19,22)(H,20,21)(H,16,17,18). The molecule has 22 heavy (non-hydrogen) atoms. The highest BCUT2D eigenvalue weighted by Gasteiger charge is 2.05. The number of carbonyl (C=O) groups is 1. The van der Waals surface area contributed by atoms with Crippen LogP contribution >= 0.6 is 0 Å². The summed E-state index contributed by atoms with van der Waals surface area (Å²) in [5.41, 5.74) is 1.87. The molecule has 0 fully saturated rings. The summed E-state index contributed by atoms with van der Waals surface area (Å²) in [6.07, 6.45) is 3.65. The van der Waals surface area contributed by atoms with Gasteiger partial charge in [0, 0.05) is 25.4 Å². The molecular formula is C15H16N6O. The second-order valence-corrected chi connectivity index (χ2v) is 4.73. The average Bonchev–Trinajstić information content (AvgIpc) is 2.97. The number of nitrogens with zero attached hydrogens (tertiary/aromatic N) is 3. The second-order valence-electron chi connectivity index (χ2n) is 4.73. The average molecular weight is 296 g/mol. The smallest absolute Gasteiger partial charge is 0.222 e. The van der Waals surface area contributed by atoms with Gasteiger partial charge in [-0.1, -0.05) is 12.1 Å². The topological polar surface area (TPSA) is 95.6 Å². The minimum Gasteiger partial charge on any atom is -0.354 e. The number of benzene rings is 1. The number of nitrogens with one attached hydrogen (secondary N) is 3. The molecule has 7 heteroatoms. The van der Waals surface area contributed by atoms with Crippen LogP contribution in [-0.2, 0) is 11.3 Å². The van der Waals surface area contributed by atoms with Gasteiger partial charge in [0.15, 0.2) is 0 Å². The van der Waals surface area contributed by atoms with Gasteiger partial charge in [0.05, 0.1) is 17.6 Å². The first-order chi connectivity index (χ1) is 10.8. The van der Waals surface area contributed by atoms with Crippen molar-refractivity contribution in [3.05, 3.63) is 48.5 Å². The number of carbonyl (C=O) groups excluding carboxylic acids is 1. The SMILES string of the molecule is O=C(CCNc1ncccn1)NCc1nc2ccccc2[nH]1. The lowest BCUT2D eigenvalue weighted by Crippen LogP contribution is -2.25. The summed E-state index contributed by atoms with van der Waals surface area (Å²) in [7, 11) is 0. The molecule has 1 amide bonds. The molecule has 1 aromatic carbocycles. The number of H-pyrrole nitrogens is 1. The van der Waals surface area contributed by atoms with E-state index in [-0.39, 0.29) is 5.91 Å². The molecule has 7 nitrogen and oxygen atoms in total. The van der Waals surface area contributed by atoms with E-state index in [2.05, 4.69) is 30.6 Å². The predicted molar refractivity (Wildman–Crippen MR) is 83.1 cm³/mol. The molecule has 2 heterocycles. The van der Waals surface area contributed by atoms with Crippen molar-refractivity contribution >= 4 is 22.9 Å². The predicted octanol–water partition coefficient (Wildman–Crippen LogP) is 1.47. The van der Waals surface area contributed by atoms with Crippen molar-refractivity contribution in [1.29, 1.82) is 0 Å². The molecule has 0 bridgehead atoms. The van der Waals surface area contributed by atoms with Gasteiger partial charge in [-0.15, -0.1) is 0 Å². The lowest BCUT2D eigenvalue weighted by atomic mass is 10.3. The van der Waals surface area contributed by atoms with Crippen molar-refractivity contribution in [3.63, 3.8) is 0 Å². The number of aromatic amines is 1. The van der Waals surface area contributed by atoms with Crippen LogP contribution < -0.4 is 10.6 Å². The number of para-hydroxylation sites is 2. The quantitative estimate of drug-likeness (QED) is 0.640. The number of aromatic nitrogens is 4. The summed E-state index contributed by atoms with van der Waals surface area (Å²) in [5.74, 6) is 1.21. The Balaban J connectivity index is 1.44. The van der Waals surface area contributed by atoms with Crippen LogP contribution in [0.2, 0.25) is 0 Å². The van der Waals surface area contributed by atoms with E-state index >= 15 is 0 Å². The van der Waals surface area contributed by atoms with Gasteiger partial charge in [0.2, 0.25) is 11.9 Å². The lowest BCUT2D eigenvalue weighted by Gasteiger charge is -2.05. The molecule has 0 aliphatic heterocycles. The maximum atomic E-state index is 11.8. The van der Waals surface area contributed by atoms with Crippen LogP contribution in [0.15, 0.2) is 42.7 Å². The Morgan fingerprint density at radius 3 is 2.77 bits per heavy atom. The van der Waals surface area contributed by atoms with E-state index in [1.54, 1.807) is 18.5 Å². The Labute approximate surface area is 127 Å². The lowest BCUT2D eigenvalue weighted by molar-refractivity contribution is -0.121. The van der Waals surface area contributed by atoms with Gasteiger partial charge < -0.3 is 15.6 Å². The van der Waals surface area contributed by atoms with Gasteiger partial charge in [-0.2, -0.15) is 0 Å². The van der Waals surface area contributed by atoms with E-state index in [0.717, 1.165) is 16.9 Å². The largest absolute Gasteiger partial charge is 0.354 e. The molecule has 2 aromatic heterocycles. The summed E-state index contributed by atoms with van der Waals surface area (Å²) in [6, 6.07) is 9.51. The van der Waals surface area contributed by atoms with Crippen molar-refractivity contribution in [2.75, 3.05) is 11.9 Å². The number of hydrogen-bond acceptors (Lipinski definition) is 5. The number of anilines is 1. The number of fused-ring (bicyclic) bond motifs is 1. The third-order valence-corrected chi connectivity index (χ3v) is 3.09. The fourth-order valence-corrected chi connectivity index (χ4v) is 2.04. The highest BCUT2D eigenvalue weighted by Crippen LogP contribution is 2.09. The molecule has 0 saturated carbocycles. The van der Waals surface area contributed by atoms with Gasteiger partial charge >= 0.3 is 0 Å². The number of hydrogen-bond donors (Lipinski definition) is 3. The number of rotatable bonds is 6. The van der Waals surface area contributed by atoms with Gasteiger partial charge in [-0.25, -0.2) is 15.0 Å². The van der Waals surface area contributed by atoms with Crippen molar-refractivity contribution in [3.8, 4) is 0 Å². The van der Waals surface area contributed by atoms with Crippen LogP contribution in [0.4, 0.5) is 5.95 Å². The van der Waals surface area contributed by atoms with E-state index in [4.69, 9.17) is 0 Å². The van der Waals surface area contributed by atoms with Gasteiger partial charge in [0.1, 0.15) is 5.82 Å². The van der Waals surface area contributed by atoms with E-state index < -0.39 is 0 Å². The third-order valence-electron chi connectivity index (χ3n) is 3.09. The Kier molecular flexibility index (Phi) is 4.24. The second kappa shape index (κ2) is 6.66. The van der Waals surface area contributed by atoms with Crippen molar-refractivity contribution < 1.29 is 4.79 Å². The molecule has 3 rings (SSSR count). The van der Waals surface area contributed by atoms with Crippen molar-refractivity contribution in [2.24, 2.45) is 0 Å². The molecule has 3 N–H and O–H groups in total. The van der Waals surface area contributed by atoms with E-state index in [1.807, 2.05) is 24.3 Å². The van der Waals surface area contributed by atoms with Crippen LogP contribution in [0.5, 0.6) is 0 Å². The molecular weight excluding hydrogens is 280 g/mol. The molecule has 0 spiro atoms.